The van der Waals surface area contributed by atoms with Crippen LogP contribution in [0.2, 0.25) is 0 Å². The number of allylic oxidation sites excluding steroid dienone is 1. The minimum Gasteiger partial charge on any atom is -0.473 e. The van der Waals surface area contributed by atoms with E-state index in [1.807, 2.05) is 43.3 Å². The van der Waals surface area contributed by atoms with Crippen molar-refractivity contribution in [2.24, 2.45) is 5.73 Å². The summed E-state index contributed by atoms with van der Waals surface area (Å²) in [6, 6.07) is 8.03. The number of aromatic nitrogens is 1. The Balaban J connectivity index is 2.43. The molecule has 0 aliphatic rings. The number of rotatable bonds is 4. The van der Waals surface area contributed by atoms with Gasteiger partial charge in [0.05, 0.1) is 0 Å². The Labute approximate surface area is 101 Å². The number of ether oxygens (including phenoxy) is 1. The molecule has 1 aromatic carbocycles. The van der Waals surface area contributed by atoms with E-state index in [-0.39, 0.29) is 0 Å². The highest BCUT2D eigenvalue weighted by Gasteiger charge is 2.06. The van der Waals surface area contributed by atoms with Gasteiger partial charge < -0.3 is 10.5 Å². The third-order valence-corrected chi connectivity index (χ3v) is 2.61. The molecule has 2 N–H and O–H groups in total. The number of pyridine rings is 1. The number of hydrogen-bond donors (Lipinski definition) is 1. The summed E-state index contributed by atoms with van der Waals surface area (Å²) in [4.78, 5) is 4.31. The molecule has 0 aliphatic heterocycles. The summed E-state index contributed by atoms with van der Waals surface area (Å²) >= 11 is 0. The van der Waals surface area contributed by atoms with Crippen molar-refractivity contribution in [1.29, 1.82) is 0 Å². The smallest absolute Gasteiger partial charge is 0.221 e. The van der Waals surface area contributed by atoms with Crippen molar-refractivity contribution in [2.45, 2.75) is 13.5 Å². The second-order valence-corrected chi connectivity index (χ2v) is 3.72. The number of nitrogens with two attached hydrogens (primary N) is 1. The van der Waals surface area contributed by atoms with Crippen LogP contribution in [0.3, 0.4) is 0 Å². The van der Waals surface area contributed by atoms with Crippen molar-refractivity contribution in [2.75, 3.05) is 6.61 Å². The zero-order chi connectivity index (χ0) is 12.1. The van der Waals surface area contributed by atoms with Crippen molar-refractivity contribution < 1.29 is 4.74 Å². The van der Waals surface area contributed by atoms with Gasteiger partial charge in [-0.15, -0.1) is 0 Å². The van der Waals surface area contributed by atoms with Crippen LogP contribution < -0.4 is 10.5 Å². The molecule has 3 nitrogen and oxygen atoms in total. The van der Waals surface area contributed by atoms with Crippen LogP contribution in [-0.4, -0.2) is 11.6 Å². The SMILES string of the molecule is C/C=C/COc1ncc(CN)c2ccccc12. The Morgan fingerprint density at radius 1 is 1.29 bits per heavy atom. The molecule has 0 amide bonds. The van der Waals surface area contributed by atoms with Crippen LogP contribution >= 0.6 is 0 Å². The van der Waals surface area contributed by atoms with Gasteiger partial charge in [0.2, 0.25) is 5.88 Å². The van der Waals surface area contributed by atoms with Crippen LogP contribution in [0, 0.1) is 0 Å². The monoisotopic (exact) mass is 228 g/mol. The molecule has 1 heterocycles. The molecule has 0 radical (unpaired) electrons. The summed E-state index contributed by atoms with van der Waals surface area (Å²) in [6.07, 6.45) is 5.69. The first-order valence-electron chi connectivity index (χ1n) is 5.67. The third-order valence-electron chi connectivity index (χ3n) is 2.61. The lowest BCUT2D eigenvalue weighted by Crippen LogP contribution is -2.01. The molecular formula is C14H16N2O. The average Bonchev–Trinajstić information content (AvgIpc) is 2.39. The van der Waals surface area contributed by atoms with Crippen LogP contribution in [0.25, 0.3) is 10.8 Å². The van der Waals surface area contributed by atoms with Gasteiger partial charge in [-0.1, -0.05) is 30.4 Å². The van der Waals surface area contributed by atoms with Gasteiger partial charge in [-0.05, 0) is 23.9 Å². The maximum Gasteiger partial charge on any atom is 0.221 e. The summed E-state index contributed by atoms with van der Waals surface area (Å²) in [7, 11) is 0. The number of fused-ring (bicyclic) bond motifs is 1. The molecule has 88 valence electrons. The lowest BCUT2D eigenvalue weighted by atomic mass is 10.1. The maximum absolute atomic E-state index is 5.70. The Morgan fingerprint density at radius 3 is 2.76 bits per heavy atom. The van der Waals surface area contributed by atoms with Gasteiger partial charge in [0.1, 0.15) is 6.61 Å². The minimum atomic E-state index is 0.489. The molecular weight excluding hydrogens is 212 g/mol. The van der Waals surface area contributed by atoms with E-state index in [0.29, 0.717) is 19.0 Å². The Hall–Kier alpha value is -1.87. The zero-order valence-electron chi connectivity index (χ0n) is 9.89. The largest absolute Gasteiger partial charge is 0.473 e. The highest BCUT2D eigenvalue weighted by Crippen LogP contribution is 2.25. The standard InChI is InChI=1S/C14H16N2O/c1-2-3-8-17-14-13-7-5-4-6-12(13)11(9-15)10-16-14/h2-7,10H,8-9,15H2,1H3/b3-2+. The summed E-state index contributed by atoms with van der Waals surface area (Å²) in [6.45, 7) is 2.99. The fourth-order valence-corrected chi connectivity index (χ4v) is 1.73. The van der Waals surface area contributed by atoms with E-state index >= 15 is 0 Å². The van der Waals surface area contributed by atoms with Crippen molar-refractivity contribution >= 4 is 10.8 Å². The van der Waals surface area contributed by atoms with Gasteiger partial charge in [0.25, 0.3) is 0 Å². The zero-order valence-corrected chi connectivity index (χ0v) is 9.89. The Bertz CT molecular complexity index is 535. The van der Waals surface area contributed by atoms with E-state index in [1.165, 1.54) is 0 Å². The van der Waals surface area contributed by atoms with Crippen LogP contribution in [-0.2, 0) is 6.54 Å². The average molecular weight is 228 g/mol. The molecule has 0 atom stereocenters. The van der Waals surface area contributed by atoms with Gasteiger partial charge in [-0.2, -0.15) is 0 Å². The van der Waals surface area contributed by atoms with Crippen LogP contribution in [0.1, 0.15) is 12.5 Å². The van der Waals surface area contributed by atoms with Crippen molar-refractivity contribution in [3.8, 4) is 5.88 Å². The number of nitrogens with zero attached hydrogens (tertiary/aromatic N) is 1. The molecule has 3 heteroatoms. The topological polar surface area (TPSA) is 48.1 Å². The first-order valence-corrected chi connectivity index (χ1v) is 5.67. The first-order chi connectivity index (χ1) is 8.36. The highest BCUT2D eigenvalue weighted by molar-refractivity contribution is 5.89. The first kappa shape index (κ1) is 11.6. The second-order valence-electron chi connectivity index (χ2n) is 3.72. The number of hydrogen-bond acceptors (Lipinski definition) is 3. The second kappa shape index (κ2) is 5.46. The molecule has 17 heavy (non-hydrogen) atoms. The summed E-state index contributed by atoms with van der Waals surface area (Å²) in [5.74, 6) is 0.663. The normalized spacial score (nSPS) is 11.2. The highest BCUT2D eigenvalue weighted by atomic mass is 16.5. The lowest BCUT2D eigenvalue weighted by Gasteiger charge is -2.09. The van der Waals surface area contributed by atoms with Gasteiger partial charge in [0.15, 0.2) is 0 Å². The molecule has 2 rings (SSSR count). The van der Waals surface area contributed by atoms with Crippen molar-refractivity contribution in [3.05, 3.63) is 48.2 Å². The number of benzene rings is 1. The predicted octanol–water partition coefficient (Wildman–Crippen LogP) is 2.65. The van der Waals surface area contributed by atoms with Gasteiger partial charge in [-0.25, -0.2) is 4.98 Å². The van der Waals surface area contributed by atoms with E-state index in [2.05, 4.69) is 4.98 Å². The van der Waals surface area contributed by atoms with E-state index in [0.717, 1.165) is 16.3 Å². The van der Waals surface area contributed by atoms with Crippen LogP contribution in [0.4, 0.5) is 0 Å². The Morgan fingerprint density at radius 2 is 2.06 bits per heavy atom. The molecule has 0 bridgehead atoms. The molecule has 1 aromatic heterocycles. The van der Waals surface area contributed by atoms with Crippen LogP contribution in [0.5, 0.6) is 5.88 Å². The van der Waals surface area contributed by atoms with Crippen molar-refractivity contribution in [3.63, 3.8) is 0 Å². The van der Waals surface area contributed by atoms with Gasteiger partial charge >= 0.3 is 0 Å². The van der Waals surface area contributed by atoms with Crippen molar-refractivity contribution in [1.82, 2.24) is 4.98 Å². The lowest BCUT2D eigenvalue weighted by molar-refractivity contribution is 0.353. The van der Waals surface area contributed by atoms with E-state index < -0.39 is 0 Å². The minimum absolute atomic E-state index is 0.489. The van der Waals surface area contributed by atoms with E-state index in [1.54, 1.807) is 6.20 Å². The molecule has 0 unspecified atom stereocenters. The third kappa shape index (κ3) is 2.45. The summed E-state index contributed by atoms with van der Waals surface area (Å²) in [5, 5.41) is 2.13. The molecule has 2 aromatic rings. The fraction of sp³-hybridized carbons (Fsp3) is 0.214. The predicted molar refractivity (Wildman–Crippen MR) is 69.9 cm³/mol. The maximum atomic E-state index is 5.70. The van der Waals surface area contributed by atoms with Gasteiger partial charge in [0, 0.05) is 18.1 Å². The molecule has 0 aliphatic carbocycles. The Kier molecular flexibility index (Phi) is 3.73. The molecule has 0 saturated heterocycles. The summed E-state index contributed by atoms with van der Waals surface area (Å²) < 4.78 is 5.62. The van der Waals surface area contributed by atoms with Crippen LogP contribution in [0.15, 0.2) is 42.6 Å². The van der Waals surface area contributed by atoms with E-state index in [9.17, 15) is 0 Å². The fourth-order valence-electron chi connectivity index (χ4n) is 1.73. The molecule has 0 saturated carbocycles. The van der Waals surface area contributed by atoms with Gasteiger partial charge in [-0.3, -0.25) is 0 Å². The summed E-state index contributed by atoms with van der Waals surface area (Å²) in [5.41, 5.74) is 6.74. The van der Waals surface area contributed by atoms with E-state index in [4.69, 9.17) is 10.5 Å². The molecule has 0 fully saturated rings. The molecule has 0 spiro atoms. The quantitative estimate of drug-likeness (QED) is 0.818.